The lowest BCUT2D eigenvalue weighted by Gasteiger charge is -2.48. The summed E-state index contributed by atoms with van der Waals surface area (Å²) in [6, 6.07) is 9.10. The second-order valence-corrected chi connectivity index (χ2v) is 10.6. The highest BCUT2D eigenvalue weighted by Gasteiger charge is 2.49. The first-order valence-electron chi connectivity index (χ1n) is 13.4. The molecule has 1 aromatic heterocycles. The third-order valence-electron chi connectivity index (χ3n) is 6.16. The molecule has 0 saturated carbocycles. The minimum absolute atomic E-state index is 0.0275. The van der Waals surface area contributed by atoms with Crippen LogP contribution in [0.3, 0.4) is 0 Å². The highest BCUT2D eigenvalue weighted by atomic mass is 16.6. The topological polar surface area (TPSA) is 181 Å². The highest BCUT2D eigenvalue weighted by molar-refractivity contribution is 5.98. The van der Waals surface area contributed by atoms with Gasteiger partial charge in [-0.15, -0.1) is 0 Å². The van der Waals surface area contributed by atoms with Crippen LogP contribution in [0, 0.1) is 11.3 Å². The third kappa shape index (κ3) is 8.89. The molecule has 228 valence electrons. The van der Waals surface area contributed by atoms with Gasteiger partial charge >= 0.3 is 6.09 Å². The average molecular weight is 584 g/mol. The summed E-state index contributed by atoms with van der Waals surface area (Å²) in [6.45, 7) is 15.2. The van der Waals surface area contributed by atoms with Crippen LogP contribution in [0.2, 0.25) is 0 Å². The Kier molecular flexibility index (Phi) is 13.4. The minimum Gasteiger partial charge on any atom is -0.444 e. The number of hydrogen-bond donors (Lipinski definition) is 2. The van der Waals surface area contributed by atoms with Crippen molar-refractivity contribution in [2.45, 2.75) is 65.0 Å². The molecule has 1 aliphatic rings. The van der Waals surface area contributed by atoms with E-state index >= 15 is 0 Å². The van der Waals surface area contributed by atoms with Gasteiger partial charge in [-0.05, 0) is 57.9 Å². The van der Waals surface area contributed by atoms with Crippen molar-refractivity contribution in [1.29, 1.82) is 5.26 Å². The minimum atomic E-state index is -0.811. The lowest BCUT2D eigenvalue weighted by molar-refractivity contribution is -0.0987. The van der Waals surface area contributed by atoms with E-state index in [0.717, 1.165) is 12.8 Å². The lowest BCUT2D eigenvalue weighted by atomic mass is 9.87. The number of nitriles is 1. The number of nitrogens with zero attached hydrogens (tertiary/aromatic N) is 5. The number of rotatable bonds is 10. The van der Waals surface area contributed by atoms with E-state index in [-0.39, 0.29) is 36.8 Å². The molecule has 2 heterocycles. The zero-order valence-corrected chi connectivity index (χ0v) is 25.0. The van der Waals surface area contributed by atoms with E-state index < -0.39 is 23.1 Å². The van der Waals surface area contributed by atoms with Crippen molar-refractivity contribution >= 4 is 43.0 Å². The van der Waals surface area contributed by atoms with E-state index in [1.54, 1.807) is 45.0 Å². The van der Waals surface area contributed by atoms with E-state index in [1.807, 2.05) is 32.3 Å². The predicted molar refractivity (Wildman–Crippen MR) is 157 cm³/mol. The molecular formula is C29H41N7O6. The zero-order chi connectivity index (χ0) is 32.1. The van der Waals surface area contributed by atoms with Crippen molar-refractivity contribution in [1.82, 2.24) is 19.6 Å². The van der Waals surface area contributed by atoms with Gasteiger partial charge in [0.05, 0.1) is 25.6 Å². The number of hydrogen-bond acceptors (Lipinski definition) is 9. The molecule has 2 aromatic rings. The number of ether oxygens (including phenoxy) is 1. The number of likely N-dealkylation sites (tertiary alicyclic amines) is 1. The van der Waals surface area contributed by atoms with Gasteiger partial charge in [-0.2, -0.15) is 10.4 Å². The molecule has 0 unspecified atom stereocenters. The summed E-state index contributed by atoms with van der Waals surface area (Å²) in [7, 11) is 0. The Morgan fingerprint density at radius 1 is 1.10 bits per heavy atom. The summed E-state index contributed by atoms with van der Waals surface area (Å²) in [5.74, 6) is -0.487. The van der Waals surface area contributed by atoms with Crippen LogP contribution in [0.25, 0.3) is 0 Å². The lowest BCUT2D eigenvalue weighted by Crippen LogP contribution is -2.64. The van der Waals surface area contributed by atoms with Crippen molar-refractivity contribution in [2.24, 2.45) is 5.73 Å². The third-order valence-corrected chi connectivity index (χ3v) is 6.16. The van der Waals surface area contributed by atoms with E-state index in [0.29, 0.717) is 24.3 Å². The molecule has 3 amide bonds. The second kappa shape index (κ2) is 15.9. The molecule has 1 aromatic carbocycles. The van der Waals surface area contributed by atoms with Crippen LogP contribution >= 0.6 is 0 Å². The highest BCUT2D eigenvalue weighted by Crippen LogP contribution is 2.35. The molecule has 0 radical (unpaired) electrons. The molecule has 3 N–H and O–H groups in total. The second-order valence-electron chi connectivity index (χ2n) is 10.6. The maximum absolute atomic E-state index is 12.9. The molecular weight excluding hydrogens is 542 g/mol. The van der Waals surface area contributed by atoms with Crippen molar-refractivity contribution in [3.8, 4) is 6.07 Å². The largest absolute Gasteiger partial charge is 0.444 e. The fourth-order valence-corrected chi connectivity index (χ4v) is 4.36. The van der Waals surface area contributed by atoms with Gasteiger partial charge in [0.15, 0.2) is 5.82 Å². The summed E-state index contributed by atoms with van der Waals surface area (Å²) in [6.07, 6.45) is 2.87. The van der Waals surface area contributed by atoms with Crippen LogP contribution in [0.1, 0.15) is 74.6 Å². The summed E-state index contributed by atoms with van der Waals surface area (Å²) < 4.78 is 6.96. The Morgan fingerprint density at radius 2 is 1.64 bits per heavy atom. The maximum atomic E-state index is 12.9. The molecule has 42 heavy (non-hydrogen) atoms. The summed E-state index contributed by atoms with van der Waals surface area (Å²) in [4.78, 5) is 56.9. The van der Waals surface area contributed by atoms with Crippen LogP contribution in [0.5, 0.6) is 0 Å². The molecule has 13 nitrogen and oxygen atoms in total. The van der Waals surface area contributed by atoms with E-state index in [1.165, 1.54) is 15.8 Å². The number of amides is 3. The van der Waals surface area contributed by atoms with E-state index in [4.69, 9.17) is 20.1 Å². The van der Waals surface area contributed by atoms with Crippen molar-refractivity contribution in [3.05, 3.63) is 41.6 Å². The maximum Gasteiger partial charge on any atom is 0.410 e. The number of aromatic nitrogens is 2. The first-order valence-corrected chi connectivity index (χ1v) is 13.4. The van der Waals surface area contributed by atoms with Gasteiger partial charge in [0.1, 0.15) is 30.3 Å². The molecule has 0 bridgehead atoms. The average Bonchev–Trinajstić information content (AvgIpc) is 3.36. The molecule has 13 heteroatoms. The fourth-order valence-electron chi connectivity index (χ4n) is 4.36. The molecule has 0 aliphatic carbocycles. The zero-order valence-electron chi connectivity index (χ0n) is 25.0. The number of anilines is 2. The quantitative estimate of drug-likeness (QED) is 0.423. The molecule has 1 fully saturated rings. The monoisotopic (exact) mass is 583 g/mol. The molecule has 0 atom stereocenters. The number of nitrogens with one attached hydrogen (secondary N) is 1. The Bertz CT molecular complexity index is 1230. The first-order chi connectivity index (χ1) is 19.9. The molecule has 1 aliphatic heterocycles. The van der Waals surface area contributed by atoms with Crippen LogP contribution in [0.4, 0.5) is 16.3 Å². The van der Waals surface area contributed by atoms with Crippen molar-refractivity contribution in [2.75, 3.05) is 31.5 Å². The standard InChI is InChI=1S/C27H37N7O4.2CH2O/c1-6-14-32(15-7-2)24(36)19-8-10-20(11-9-19)30-23-21(22(29)35)16-34(31-23)27(12-13-28)17-33(18-27)25(37)38-26(3,4)5;2*1-2/h8-11,16H,6-7,12,14-15,17-18H2,1-5H3,(H2,29,35)(H,30,31);2*1H2. The Balaban J connectivity index is 0.00000211. The molecule has 3 rings (SSSR count). The van der Waals surface area contributed by atoms with E-state index in [9.17, 15) is 19.6 Å². The summed E-state index contributed by atoms with van der Waals surface area (Å²) in [5.41, 5.74) is 5.51. The van der Waals surface area contributed by atoms with Crippen LogP contribution in [-0.2, 0) is 19.9 Å². The van der Waals surface area contributed by atoms with Crippen molar-refractivity contribution in [3.63, 3.8) is 0 Å². The number of benzene rings is 1. The number of nitrogens with two attached hydrogens (primary N) is 1. The van der Waals surface area contributed by atoms with Gasteiger partial charge in [-0.25, -0.2) is 4.79 Å². The van der Waals surface area contributed by atoms with Gasteiger partial charge in [-0.3, -0.25) is 14.3 Å². The predicted octanol–water partition coefficient (Wildman–Crippen LogP) is 3.48. The molecule has 0 spiro atoms. The normalized spacial score (nSPS) is 13.1. The van der Waals surface area contributed by atoms with Crippen LogP contribution in [-0.4, -0.2) is 82.8 Å². The summed E-state index contributed by atoms with van der Waals surface area (Å²) >= 11 is 0. The Labute approximate surface area is 246 Å². The summed E-state index contributed by atoms with van der Waals surface area (Å²) in [5, 5.41) is 17.1. The van der Waals surface area contributed by atoms with Crippen molar-refractivity contribution < 1.29 is 28.7 Å². The van der Waals surface area contributed by atoms with Crippen LogP contribution in [0.15, 0.2) is 30.5 Å². The fraction of sp³-hybridized carbons (Fsp3) is 0.483. The Morgan fingerprint density at radius 3 is 2.10 bits per heavy atom. The Hall–Kier alpha value is -4.73. The van der Waals surface area contributed by atoms with Gasteiger partial charge in [-0.1, -0.05) is 13.8 Å². The van der Waals surface area contributed by atoms with Crippen LogP contribution < -0.4 is 11.1 Å². The number of carbonyl (C=O) groups is 5. The van der Waals surface area contributed by atoms with Gasteiger partial charge < -0.3 is 35.2 Å². The van der Waals surface area contributed by atoms with Gasteiger partial charge in [0.2, 0.25) is 0 Å². The smallest absolute Gasteiger partial charge is 0.410 e. The number of primary amides is 1. The molecule has 1 saturated heterocycles. The SMILES string of the molecule is C=O.C=O.CCCN(CCC)C(=O)c1ccc(Nc2nn(C3(CC#N)CN(C(=O)OC(C)(C)C)C3)cc2C(N)=O)cc1. The van der Waals surface area contributed by atoms with E-state index in [2.05, 4.69) is 16.5 Å². The van der Waals surface area contributed by atoms with Gasteiger partial charge in [0.25, 0.3) is 11.8 Å². The first kappa shape index (κ1) is 35.3. The van der Waals surface area contributed by atoms with Gasteiger partial charge in [0, 0.05) is 30.5 Å². The number of carbonyl (C=O) groups excluding carboxylic acids is 5.